The van der Waals surface area contributed by atoms with E-state index in [1.165, 1.54) is 23.2 Å². The van der Waals surface area contributed by atoms with Crippen LogP contribution in [0.1, 0.15) is 40.2 Å². The molecule has 152 valence electrons. The summed E-state index contributed by atoms with van der Waals surface area (Å²) in [5.41, 5.74) is 3.27. The van der Waals surface area contributed by atoms with E-state index in [4.69, 9.17) is 0 Å². The third-order valence-corrected chi connectivity index (χ3v) is 6.07. The predicted molar refractivity (Wildman–Crippen MR) is 118 cm³/mol. The van der Waals surface area contributed by atoms with Crippen LogP contribution >= 0.6 is 11.3 Å². The molecule has 0 saturated heterocycles. The molecule has 7 heteroatoms. The van der Waals surface area contributed by atoms with Gasteiger partial charge in [-0.2, -0.15) is 5.10 Å². The molecule has 30 heavy (non-hydrogen) atoms. The van der Waals surface area contributed by atoms with E-state index in [9.17, 15) is 4.79 Å². The monoisotopic (exact) mass is 417 g/mol. The summed E-state index contributed by atoms with van der Waals surface area (Å²) >= 11 is 1.40. The SMILES string of the molecule is CC[C@@H](NC(=O)c1cnc(-c2ccccc2)s1)[C@H](c1ccc(C)cc1)n1cncn1. The van der Waals surface area contributed by atoms with E-state index in [0.29, 0.717) is 4.88 Å². The van der Waals surface area contributed by atoms with Gasteiger partial charge in [0.05, 0.1) is 18.3 Å². The highest BCUT2D eigenvalue weighted by Crippen LogP contribution is 2.27. The van der Waals surface area contributed by atoms with Crippen molar-refractivity contribution in [3.05, 3.63) is 89.5 Å². The topological polar surface area (TPSA) is 72.7 Å². The number of aryl methyl sites for hydroxylation is 1. The molecular formula is C23H23N5OS. The zero-order chi connectivity index (χ0) is 20.9. The molecule has 0 spiro atoms. The molecule has 1 amide bonds. The number of rotatable bonds is 7. The van der Waals surface area contributed by atoms with Crippen LogP contribution in [-0.2, 0) is 0 Å². The van der Waals surface area contributed by atoms with Gasteiger partial charge in [0.25, 0.3) is 5.91 Å². The van der Waals surface area contributed by atoms with Crippen LogP contribution in [-0.4, -0.2) is 31.7 Å². The zero-order valence-corrected chi connectivity index (χ0v) is 17.7. The van der Waals surface area contributed by atoms with E-state index in [0.717, 1.165) is 22.6 Å². The molecule has 0 saturated carbocycles. The fourth-order valence-corrected chi connectivity index (χ4v) is 4.26. The lowest BCUT2D eigenvalue weighted by Gasteiger charge is -2.27. The van der Waals surface area contributed by atoms with Crippen molar-refractivity contribution < 1.29 is 4.79 Å². The van der Waals surface area contributed by atoms with E-state index < -0.39 is 0 Å². The maximum absolute atomic E-state index is 13.0. The lowest BCUT2D eigenvalue weighted by atomic mass is 9.96. The molecule has 2 aromatic heterocycles. The van der Waals surface area contributed by atoms with Crippen molar-refractivity contribution in [2.75, 3.05) is 0 Å². The number of thiazole rings is 1. The Morgan fingerprint density at radius 1 is 1.13 bits per heavy atom. The summed E-state index contributed by atoms with van der Waals surface area (Å²) in [6, 6.07) is 17.9. The number of carbonyl (C=O) groups is 1. The smallest absolute Gasteiger partial charge is 0.263 e. The van der Waals surface area contributed by atoms with Gasteiger partial charge in [-0.1, -0.05) is 67.1 Å². The number of hydrogen-bond donors (Lipinski definition) is 1. The summed E-state index contributed by atoms with van der Waals surface area (Å²) in [5, 5.41) is 8.38. The number of hydrogen-bond acceptors (Lipinski definition) is 5. The summed E-state index contributed by atoms with van der Waals surface area (Å²) < 4.78 is 1.81. The summed E-state index contributed by atoms with van der Waals surface area (Å²) in [5.74, 6) is -0.126. The van der Waals surface area contributed by atoms with Crippen LogP contribution < -0.4 is 5.32 Å². The van der Waals surface area contributed by atoms with E-state index in [2.05, 4.69) is 58.5 Å². The molecule has 0 radical (unpaired) electrons. The minimum atomic E-state index is -0.149. The highest BCUT2D eigenvalue weighted by Gasteiger charge is 2.27. The molecule has 0 aliphatic heterocycles. The Morgan fingerprint density at radius 3 is 2.57 bits per heavy atom. The van der Waals surface area contributed by atoms with Gasteiger partial charge in [-0.15, -0.1) is 11.3 Å². The van der Waals surface area contributed by atoms with Crippen LogP contribution in [0.3, 0.4) is 0 Å². The van der Waals surface area contributed by atoms with Crippen LogP contribution in [0.25, 0.3) is 10.6 Å². The third kappa shape index (κ3) is 4.31. The number of amides is 1. The highest BCUT2D eigenvalue weighted by atomic mass is 32.1. The van der Waals surface area contributed by atoms with Crippen molar-refractivity contribution >= 4 is 17.2 Å². The van der Waals surface area contributed by atoms with Gasteiger partial charge in [-0.05, 0) is 18.9 Å². The number of carbonyl (C=O) groups excluding carboxylic acids is 1. The Bertz CT molecular complexity index is 1090. The summed E-state index contributed by atoms with van der Waals surface area (Å²) in [4.78, 5) is 22.2. The predicted octanol–water partition coefficient (Wildman–Crippen LogP) is 4.51. The fourth-order valence-electron chi connectivity index (χ4n) is 3.43. The highest BCUT2D eigenvalue weighted by molar-refractivity contribution is 7.16. The Labute approximate surface area is 179 Å². The van der Waals surface area contributed by atoms with Crippen molar-refractivity contribution in [2.45, 2.75) is 32.4 Å². The van der Waals surface area contributed by atoms with Gasteiger partial charge in [0.15, 0.2) is 0 Å². The van der Waals surface area contributed by atoms with Gasteiger partial charge in [0.2, 0.25) is 0 Å². The first-order valence-corrected chi connectivity index (χ1v) is 10.7. The minimum Gasteiger partial charge on any atom is -0.346 e. The van der Waals surface area contributed by atoms with Crippen molar-refractivity contribution in [2.24, 2.45) is 0 Å². The molecule has 0 aliphatic carbocycles. The number of nitrogens with one attached hydrogen (secondary N) is 1. The second-order valence-electron chi connectivity index (χ2n) is 7.11. The van der Waals surface area contributed by atoms with Crippen LogP contribution in [0, 0.1) is 6.92 Å². The third-order valence-electron chi connectivity index (χ3n) is 5.03. The molecule has 1 N–H and O–H groups in total. The number of aromatic nitrogens is 4. The first kappa shape index (κ1) is 20.0. The molecule has 0 aliphatic rings. The largest absolute Gasteiger partial charge is 0.346 e. The fraction of sp³-hybridized carbons (Fsp3) is 0.217. The van der Waals surface area contributed by atoms with E-state index in [1.807, 2.05) is 30.3 Å². The van der Waals surface area contributed by atoms with E-state index >= 15 is 0 Å². The molecular weight excluding hydrogens is 394 g/mol. The molecule has 0 bridgehead atoms. The van der Waals surface area contributed by atoms with Gasteiger partial charge in [-0.25, -0.2) is 14.6 Å². The van der Waals surface area contributed by atoms with E-state index in [-0.39, 0.29) is 18.0 Å². The second-order valence-corrected chi connectivity index (χ2v) is 8.15. The van der Waals surface area contributed by atoms with Crippen molar-refractivity contribution in [3.63, 3.8) is 0 Å². The standard InChI is InChI=1S/C23H23N5OS/c1-3-19(21(28-15-24-14-26-28)17-11-9-16(2)10-12-17)27-22(29)20-13-25-23(30-20)18-7-5-4-6-8-18/h4-15,19,21H,3H2,1-2H3,(H,27,29)/t19-,21+/m1/s1. The minimum absolute atomic E-state index is 0.126. The lowest BCUT2D eigenvalue weighted by Crippen LogP contribution is -2.41. The number of nitrogens with zero attached hydrogens (tertiary/aromatic N) is 4. The lowest BCUT2D eigenvalue weighted by molar-refractivity contribution is 0.0929. The molecule has 2 atom stereocenters. The van der Waals surface area contributed by atoms with E-state index in [1.54, 1.807) is 17.2 Å². The number of benzene rings is 2. The van der Waals surface area contributed by atoms with Gasteiger partial charge in [0.1, 0.15) is 22.5 Å². The second kappa shape index (κ2) is 9.00. The summed E-state index contributed by atoms with van der Waals surface area (Å²) in [6.07, 6.45) is 5.60. The van der Waals surface area contributed by atoms with Crippen molar-refractivity contribution in [1.82, 2.24) is 25.1 Å². The molecule has 4 rings (SSSR count). The maximum atomic E-state index is 13.0. The molecule has 0 fully saturated rings. The van der Waals surface area contributed by atoms with Crippen LogP contribution in [0.4, 0.5) is 0 Å². The van der Waals surface area contributed by atoms with Gasteiger partial charge < -0.3 is 5.32 Å². The Hall–Kier alpha value is -3.32. The van der Waals surface area contributed by atoms with Gasteiger partial charge in [-0.3, -0.25) is 4.79 Å². The Kier molecular flexibility index (Phi) is 5.99. The Balaban J connectivity index is 1.58. The first-order valence-electron chi connectivity index (χ1n) is 9.88. The van der Waals surface area contributed by atoms with Crippen molar-refractivity contribution in [1.29, 1.82) is 0 Å². The Morgan fingerprint density at radius 2 is 1.90 bits per heavy atom. The molecule has 0 unspecified atom stereocenters. The molecule has 4 aromatic rings. The van der Waals surface area contributed by atoms with Crippen LogP contribution in [0.5, 0.6) is 0 Å². The summed E-state index contributed by atoms with van der Waals surface area (Å²) in [6.45, 7) is 4.12. The van der Waals surface area contributed by atoms with Gasteiger partial charge in [0, 0.05) is 5.56 Å². The molecule has 6 nitrogen and oxygen atoms in total. The van der Waals surface area contributed by atoms with Crippen molar-refractivity contribution in [3.8, 4) is 10.6 Å². The average Bonchev–Trinajstić information content (AvgIpc) is 3.48. The quantitative estimate of drug-likeness (QED) is 0.480. The average molecular weight is 418 g/mol. The van der Waals surface area contributed by atoms with Crippen LogP contribution in [0.15, 0.2) is 73.4 Å². The molecule has 2 aromatic carbocycles. The maximum Gasteiger partial charge on any atom is 0.263 e. The summed E-state index contributed by atoms with van der Waals surface area (Å²) in [7, 11) is 0. The normalized spacial score (nSPS) is 13.0. The molecule has 2 heterocycles. The first-order chi connectivity index (χ1) is 14.7. The zero-order valence-electron chi connectivity index (χ0n) is 16.9. The van der Waals surface area contributed by atoms with Gasteiger partial charge >= 0.3 is 0 Å². The van der Waals surface area contributed by atoms with Crippen LogP contribution in [0.2, 0.25) is 0 Å².